The number of hydrogen-bond acceptors (Lipinski definition) is 0. The van der Waals surface area contributed by atoms with Gasteiger partial charge in [0.1, 0.15) is 0 Å². The molecule has 0 radical (unpaired) electrons. The summed E-state index contributed by atoms with van der Waals surface area (Å²) >= 11 is 0. The molecular weight excluding hydrogens is 144 g/mol. The lowest BCUT2D eigenvalue weighted by atomic mass is 10.2. The lowest BCUT2D eigenvalue weighted by Gasteiger charge is -1.87. The first kappa shape index (κ1) is 11.0. The van der Waals surface area contributed by atoms with Gasteiger partial charge in [-0.1, -0.05) is 50.8 Å². The van der Waals surface area contributed by atoms with E-state index < -0.39 is 0 Å². The number of hydrogen-bond donors (Lipinski definition) is 0. The van der Waals surface area contributed by atoms with Crippen LogP contribution in [0, 0.1) is 0 Å². The summed E-state index contributed by atoms with van der Waals surface area (Å²) in [6.45, 7) is 4.23. The Labute approximate surface area is 75.2 Å². The maximum Gasteiger partial charge on any atom is -0.0227 e. The second-order valence-electron chi connectivity index (χ2n) is 2.53. The summed E-state index contributed by atoms with van der Waals surface area (Å²) < 4.78 is 0. The molecule has 1 rings (SSSR count). The van der Waals surface area contributed by atoms with Gasteiger partial charge in [-0.3, -0.25) is 0 Å². The molecule has 0 aromatic heterocycles. The Kier molecular flexibility index (Phi) is 5.11. The van der Waals surface area contributed by atoms with E-state index in [0.717, 1.165) is 6.42 Å². The maximum atomic E-state index is 2.25. The zero-order valence-corrected chi connectivity index (χ0v) is 7.17. The van der Waals surface area contributed by atoms with Crippen molar-refractivity contribution in [3.8, 4) is 0 Å². The molecule has 0 aliphatic heterocycles. The molecule has 0 atom stereocenters. The molecule has 0 N–H and O–H groups in total. The van der Waals surface area contributed by atoms with Crippen molar-refractivity contribution in [1.82, 2.24) is 0 Å². The molecule has 0 bridgehead atoms. The Hall–Kier alpha value is -1.04. The summed E-state index contributed by atoms with van der Waals surface area (Å²) in [5.41, 5.74) is 0. The highest BCUT2D eigenvalue weighted by Gasteiger charge is 1.79. The fourth-order valence-electron chi connectivity index (χ4n) is 1.18. The van der Waals surface area contributed by atoms with Crippen LogP contribution in [-0.4, -0.2) is 0 Å². The fourth-order valence-corrected chi connectivity index (χ4v) is 1.18. The second kappa shape index (κ2) is 5.59. The zero-order chi connectivity index (χ0) is 8.10. The van der Waals surface area contributed by atoms with E-state index >= 15 is 0 Å². The van der Waals surface area contributed by atoms with Gasteiger partial charge < -0.3 is 0 Å². The van der Waals surface area contributed by atoms with E-state index in [-0.39, 0.29) is 7.43 Å². The van der Waals surface area contributed by atoms with Crippen LogP contribution in [0.25, 0.3) is 12.2 Å². The van der Waals surface area contributed by atoms with Gasteiger partial charge in [-0.05, 0) is 23.8 Å². The van der Waals surface area contributed by atoms with Crippen molar-refractivity contribution in [2.45, 2.75) is 27.7 Å². The normalized spacial score (nSPS) is 12.8. The predicted molar refractivity (Wildman–Crippen MR) is 57.3 cm³/mol. The molecule has 0 saturated carbocycles. The van der Waals surface area contributed by atoms with E-state index in [9.17, 15) is 0 Å². The Bertz CT molecular complexity index is 320. The topological polar surface area (TPSA) is 0 Å². The van der Waals surface area contributed by atoms with Gasteiger partial charge >= 0.3 is 0 Å². The smallest absolute Gasteiger partial charge is 0.0227 e. The lowest BCUT2D eigenvalue weighted by Crippen LogP contribution is -2.22. The molecule has 0 aliphatic carbocycles. The van der Waals surface area contributed by atoms with Gasteiger partial charge in [0.25, 0.3) is 0 Å². The third kappa shape index (κ3) is 2.54. The average Bonchev–Trinajstić information content (AvgIpc) is 2.06. The van der Waals surface area contributed by atoms with Crippen LogP contribution in [0.1, 0.15) is 27.7 Å². The fraction of sp³-hybridized carbons (Fsp3) is 0.333. The summed E-state index contributed by atoms with van der Waals surface area (Å²) in [5, 5.41) is 2.67. The molecule has 0 saturated heterocycles. The molecular formula is C12H18. The minimum absolute atomic E-state index is 0. The molecule has 0 heteroatoms. The highest BCUT2D eigenvalue weighted by atomic mass is 13.8. The number of rotatable bonds is 1. The van der Waals surface area contributed by atoms with Crippen molar-refractivity contribution in [3.05, 3.63) is 34.7 Å². The van der Waals surface area contributed by atoms with Crippen LogP contribution in [0.2, 0.25) is 0 Å². The molecule has 0 unspecified atom stereocenters. The summed E-state index contributed by atoms with van der Waals surface area (Å²) in [6, 6.07) is 8.44. The lowest BCUT2D eigenvalue weighted by molar-refractivity contribution is 1.28. The third-order valence-electron chi connectivity index (χ3n) is 1.73. The van der Waals surface area contributed by atoms with Gasteiger partial charge in [0.05, 0.1) is 0 Å². The standard InChI is InChI=1S/C11H14.CH4/c1-3-7-11-9-6-5-8-10(11)4-2;/h4-9H,3H2,1-2H3;1H4/b10-4-,11-7-;. The van der Waals surface area contributed by atoms with Gasteiger partial charge in [-0.2, -0.15) is 0 Å². The summed E-state index contributed by atoms with van der Waals surface area (Å²) in [4.78, 5) is 0. The van der Waals surface area contributed by atoms with Crippen LogP contribution in [0.15, 0.2) is 24.3 Å². The first-order valence-corrected chi connectivity index (χ1v) is 4.10. The monoisotopic (exact) mass is 162 g/mol. The van der Waals surface area contributed by atoms with Crippen LogP contribution >= 0.6 is 0 Å². The second-order valence-corrected chi connectivity index (χ2v) is 2.53. The summed E-state index contributed by atoms with van der Waals surface area (Å²) in [5.74, 6) is 0. The van der Waals surface area contributed by atoms with Crippen molar-refractivity contribution in [3.63, 3.8) is 0 Å². The molecule has 1 aromatic rings. The van der Waals surface area contributed by atoms with E-state index in [0.29, 0.717) is 0 Å². The van der Waals surface area contributed by atoms with Gasteiger partial charge in [0, 0.05) is 0 Å². The average molecular weight is 162 g/mol. The third-order valence-corrected chi connectivity index (χ3v) is 1.73. The van der Waals surface area contributed by atoms with Gasteiger partial charge in [0.2, 0.25) is 0 Å². The van der Waals surface area contributed by atoms with E-state index in [1.807, 2.05) is 0 Å². The SMILES string of the molecule is C.C/C=c1/cccc/c1=C/CC. The molecule has 0 spiro atoms. The van der Waals surface area contributed by atoms with Crippen LogP contribution in [-0.2, 0) is 0 Å². The van der Waals surface area contributed by atoms with E-state index in [2.05, 4.69) is 50.3 Å². The first-order chi connectivity index (χ1) is 5.38. The minimum Gasteiger partial charge on any atom is -0.0798 e. The first-order valence-electron chi connectivity index (χ1n) is 4.10. The van der Waals surface area contributed by atoms with Crippen LogP contribution < -0.4 is 10.4 Å². The molecule has 0 amide bonds. The van der Waals surface area contributed by atoms with Gasteiger partial charge in [-0.15, -0.1) is 0 Å². The highest BCUT2D eigenvalue weighted by Crippen LogP contribution is 1.76. The molecule has 0 aliphatic rings. The van der Waals surface area contributed by atoms with E-state index in [4.69, 9.17) is 0 Å². The Balaban J connectivity index is 0.00000121. The van der Waals surface area contributed by atoms with E-state index in [1.54, 1.807) is 0 Å². The Morgan fingerprint density at radius 2 is 1.75 bits per heavy atom. The molecule has 0 heterocycles. The zero-order valence-electron chi connectivity index (χ0n) is 7.17. The summed E-state index contributed by atoms with van der Waals surface area (Å²) in [6.07, 6.45) is 5.49. The minimum atomic E-state index is 0. The Morgan fingerprint density at radius 3 is 2.25 bits per heavy atom. The summed E-state index contributed by atoms with van der Waals surface area (Å²) in [7, 11) is 0. The van der Waals surface area contributed by atoms with Crippen LogP contribution in [0.4, 0.5) is 0 Å². The number of benzene rings is 1. The molecule has 1 aromatic carbocycles. The molecule has 66 valence electrons. The van der Waals surface area contributed by atoms with Gasteiger partial charge in [-0.25, -0.2) is 0 Å². The predicted octanol–water partition coefficient (Wildman–Crippen LogP) is 2.31. The van der Waals surface area contributed by atoms with Crippen molar-refractivity contribution in [2.75, 3.05) is 0 Å². The Morgan fingerprint density at radius 1 is 1.17 bits per heavy atom. The van der Waals surface area contributed by atoms with Crippen molar-refractivity contribution in [2.24, 2.45) is 0 Å². The van der Waals surface area contributed by atoms with Crippen molar-refractivity contribution in [1.29, 1.82) is 0 Å². The van der Waals surface area contributed by atoms with Crippen LogP contribution in [0.5, 0.6) is 0 Å². The van der Waals surface area contributed by atoms with E-state index in [1.165, 1.54) is 10.4 Å². The molecule has 12 heavy (non-hydrogen) atoms. The van der Waals surface area contributed by atoms with Crippen molar-refractivity contribution >= 4 is 12.2 Å². The quantitative estimate of drug-likeness (QED) is 0.594. The largest absolute Gasteiger partial charge is 0.0798 e. The molecule has 0 nitrogen and oxygen atoms in total. The van der Waals surface area contributed by atoms with Crippen LogP contribution in [0.3, 0.4) is 0 Å². The van der Waals surface area contributed by atoms with Gasteiger partial charge in [0.15, 0.2) is 0 Å². The maximum absolute atomic E-state index is 2.25. The highest BCUT2D eigenvalue weighted by molar-refractivity contribution is 5.29. The van der Waals surface area contributed by atoms with Crippen molar-refractivity contribution < 1.29 is 0 Å². The molecule has 0 fully saturated rings.